The third kappa shape index (κ3) is 6.93. The summed E-state index contributed by atoms with van der Waals surface area (Å²) in [6, 6.07) is 5.93. The van der Waals surface area contributed by atoms with Crippen molar-refractivity contribution < 1.29 is 18.5 Å². The molecule has 1 aromatic heterocycles. The number of anilines is 1. The Hall–Kier alpha value is -2.65. The van der Waals surface area contributed by atoms with Crippen molar-refractivity contribution in [2.24, 2.45) is 5.73 Å². The quantitative estimate of drug-likeness (QED) is 0.580. The molecule has 0 saturated heterocycles. The Labute approximate surface area is 184 Å². The van der Waals surface area contributed by atoms with Gasteiger partial charge in [-0.3, -0.25) is 9.10 Å². The van der Waals surface area contributed by atoms with Crippen LogP contribution in [0.25, 0.3) is 17.3 Å². The number of hydrogen-bond donors (Lipinski definition) is 2. The van der Waals surface area contributed by atoms with E-state index < -0.39 is 23.0 Å². The lowest BCUT2D eigenvalue weighted by Gasteiger charge is -2.20. The summed E-state index contributed by atoms with van der Waals surface area (Å²) in [5, 5.41) is 10.3. The van der Waals surface area contributed by atoms with E-state index in [-0.39, 0.29) is 18.2 Å². The number of amides is 1. The lowest BCUT2D eigenvalue weighted by atomic mass is 9.97. The minimum absolute atomic E-state index is 0.00583. The molecule has 1 amide bonds. The minimum atomic E-state index is -1.32. The minimum Gasteiger partial charge on any atom is -0.389 e. The molecule has 3 N–H and O–H groups in total. The molecule has 0 aliphatic heterocycles. The standard InChI is InChI=1S/C22H29FN4O3S/c1-14(2)20-18(13-12-17(28)6-5-7-19(24)29)21(15-8-10-16(23)11-9-15)26-22(25-20)27(3)31(4)30/h8-14,17,28H,5-7H2,1-4H3,(H2,24,29)/b13-12+/t17-,31?/m0/s1. The van der Waals surface area contributed by atoms with Crippen LogP contribution in [-0.2, 0) is 15.8 Å². The summed E-state index contributed by atoms with van der Waals surface area (Å²) < 4.78 is 26.9. The molecule has 0 aliphatic rings. The van der Waals surface area contributed by atoms with E-state index in [0.717, 1.165) is 0 Å². The van der Waals surface area contributed by atoms with Crippen LogP contribution in [0.2, 0.25) is 0 Å². The van der Waals surface area contributed by atoms with Crippen LogP contribution in [0.4, 0.5) is 10.3 Å². The van der Waals surface area contributed by atoms with Gasteiger partial charge in [-0.05, 0) is 43.0 Å². The van der Waals surface area contributed by atoms with Gasteiger partial charge in [0.05, 0.1) is 17.5 Å². The maximum atomic E-state index is 13.5. The van der Waals surface area contributed by atoms with E-state index in [9.17, 15) is 18.5 Å². The summed E-state index contributed by atoms with van der Waals surface area (Å²) in [7, 11) is 0.317. The normalized spacial score (nSPS) is 13.5. The van der Waals surface area contributed by atoms with Gasteiger partial charge in [-0.25, -0.2) is 18.6 Å². The number of aliphatic hydroxyl groups is 1. The van der Waals surface area contributed by atoms with Crippen molar-refractivity contribution in [3.63, 3.8) is 0 Å². The van der Waals surface area contributed by atoms with Crippen molar-refractivity contribution in [2.45, 2.75) is 45.1 Å². The predicted molar refractivity (Wildman–Crippen MR) is 122 cm³/mol. The molecule has 9 heteroatoms. The lowest BCUT2D eigenvalue weighted by molar-refractivity contribution is -0.118. The first-order chi connectivity index (χ1) is 14.6. The molecule has 7 nitrogen and oxygen atoms in total. The molecule has 1 heterocycles. The number of aromatic nitrogens is 2. The molecule has 0 bridgehead atoms. The summed E-state index contributed by atoms with van der Waals surface area (Å²) in [5.74, 6) is -0.469. The second-order valence-electron chi connectivity index (χ2n) is 7.54. The molecular formula is C22H29FN4O3S. The second kappa shape index (κ2) is 11.1. The van der Waals surface area contributed by atoms with Gasteiger partial charge in [0.1, 0.15) is 16.8 Å². The van der Waals surface area contributed by atoms with E-state index in [4.69, 9.17) is 5.73 Å². The smallest absolute Gasteiger partial charge is 0.237 e. The van der Waals surface area contributed by atoms with Gasteiger partial charge in [0.15, 0.2) is 0 Å². The molecule has 0 aliphatic carbocycles. The van der Waals surface area contributed by atoms with Crippen LogP contribution in [0.1, 0.15) is 50.3 Å². The number of nitrogens with zero attached hydrogens (tertiary/aromatic N) is 3. The van der Waals surface area contributed by atoms with Crippen LogP contribution in [0, 0.1) is 5.82 Å². The number of benzene rings is 1. The molecule has 1 aromatic carbocycles. The molecule has 1 unspecified atom stereocenters. The van der Waals surface area contributed by atoms with Crippen molar-refractivity contribution in [2.75, 3.05) is 17.6 Å². The molecule has 2 rings (SSSR count). The monoisotopic (exact) mass is 448 g/mol. The van der Waals surface area contributed by atoms with Crippen LogP contribution >= 0.6 is 0 Å². The molecule has 31 heavy (non-hydrogen) atoms. The summed E-state index contributed by atoms with van der Waals surface area (Å²) in [6.07, 6.45) is 5.21. The highest BCUT2D eigenvalue weighted by Gasteiger charge is 2.20. The Morgan fingerprint density at radius 1 is 1.29 bits per heavy atom. The molecule has 0 radical (unpaired) electrons. The third-order valence-corrected chi connectivity index (χ3v) is 5.64. The van der Waals surface area contributed by atoms with Gasteiger partial charge >= 0.3 is 0 Å². The van der Waals surface area contributed by atoms with E-state index >= 15 is 0 Å². The number of carbonyl (C=O) groups excluding carboxylic acids is 1. The third-order valence-electron chi connectivity index (χ3n) is 4.70. The van der Waals surface area contributed by atoms with Crippen LogP contribution in [0.15, 0.2) is 30.3 Å². The fourth-order valence-corrected chi connectivity index (χ4v) is 3.26. The molecule has 0 saturated carbocycles. The van der Waals surface area contributed by atoms with E-state index in [0.29, 0.717) is 41.3 Å². The van der Waals surface area contributed by atoms with Crippen LogP contribution in [0.5, 0.6) is 0 Å². The van der Waals surface area contributed by atoms with Crippen molar-refractivity contribution in [3.8, 4) is 11.3 Å². The maximum Gasteiger partial charge on any atom is 0.237 e. The number of nitrogens with two attached hydrogens (primary N) is 1. The Kier molecular flexibility index (Phi) is 8.82. The van der Waals surface area contributed by atoms with Gasteiger partial charge in [0.2, 0.25) is 11.9 Å². The average Bonchev–Trinajstić information content (AvgIpc) is 2.71. The zero-order valence-electron chi connectivity index (χ0n) is 18.2. The second-order valence-corrected chi connectivity index (χ2v) is 8.93. The van der Waals surface area contributed by atoms with E-state index in [2.05, 4.69) is 9.97 Å². The highest BCUT2D eigenvalue weighted by molar-refractivity contribution is 7.85. The van der Waals surface area contributed by atoms with Gasteiger partial charge in [0, 0.05) is 30.9 Å². The number of halogens is 1. The SMILES string of the molecule is CC(C)c1nc(N(C)S(C)=O)nc(-c2ccc(F)cc2)c1/C=C/[C@@H](O)CCCC(N)=O. The molecule has 2 atom stereocenters. The Morgan fingerprint density at radius 3 is 2.48 bits per heavy atom. The molecule has 0 fully saturated rings. The fraction of sp³-hybridized carbons (Fsp3) is 0.409. The highest BCUT2D eigenvalue weighted by atomic mass is 32.2. The summed E-state index contributed by atoms with van der Waals surface area (Å²) in [5.41, 5.74) is 7.76. The van der Waals surface area contributed by atoms with E-state index in [1.165, 1.54) is 22.7 Å². The Bertz CT molecular complexity index is 964. The van der Waals surface area contributed by atoms with Crippen molar-refractivity contribution in [1.82, 2.24) is 9.97 Å². The van der Waals surface area contributed by atoms with Crippen LogP contribution in [-0.4, -0.2) is 44.6 Å². The zero-order chi connectivity index (χ0) is 23.1. The number of primary amides is 1. The summed E-state index contributed by atoms with van der Waals surface area (Å²) >= 11 is 0. The maximum absolute atomic E-state index is 13.5. The number of rotatable bonds is 10. The van der Waals surface area contributed by atoms with E-state index in [1.807, 2.05) is 13.8 Å². The van der Waals surface area contributed by atoms with Gasteiger partial charge in [0.25, 0.3) is 0 Å². The zero-order valence-corrected chi connectivity index (χ0v) is 19.0. The fourth-order valence-electron chi connectivity index (χ4n) is 2.95. The first-order valence-electron chi connectivity index (χ1n) is 9.99. The number of hydrogen-bond acceptors (Lipinski definition) is 5. The topological polar surface area (TPSA) is 109 Å². The van der Waals surface area contributed by atoms with Gasteiger partial charge in [-0.2, -0.15) is 0 Å². The van der Waals surface area contributed by atoms with Gasteiger partial charge in [-0.1, -0.05) is 26.0 Å². The number of carbonyl (C=O) groups is 1. The van der Waals surface area contributed by atoms with Gasteiger partial charge in [-0.15, -0.1) is 0 Å². The van der Waals surface area contributed by atoms with Crippen molar-refractivity contribution >= 4 is 28.9 Å². The molecule has 2 aromatic rings. The lowest BCUT2D eigenvalue weighted by Crippen LogP contribution is -2.22. The first-order valence-corrected chi connectivity index (χ1v) is 11.5. The van der Waals surface area contributed by atoms with Gasteiger partial charge < -0.3 is 10.8 Å². The molecule has 168 valence electrons. The van der Waals surface area contributed by atoms with E-state index in [1.54, 1.807) is 31.3 Å². The molecule has 0 spiro atoms. The summed E-state index contributed by atoms with van der Waals surface area (Å²) in [6.45, 7) is 3.95. The number of aliphatic hydroxyl groups excluding tert-OH is 1. The van der Waals surface area contributed by atoms with Crippen LogP contribution < -0.4 is 10.0 Å². The van der Waals surface area contributed by atoms with Crippen molar-refractivity contribution in [3.05, 3.63) is 47.4 Å². The van der Waals surface area contributed by atoms with Crippen LogP contribution in [0.3, 0.4) is 0 Å². The highest BCUT2D eigenvalue weighted by Crippen LogP contribution is 2.31. The molecular weight excluding hydrogens is 419 g/mol. The average molecular weight is 449 g/mol. The largest absolute Gasteiger partial charge is 0.389 e. The Morgan fingerprint density at radius 2 is 1.94 bits per heavy atom. The predicted octanol–water partition coefficient (Wildman–Crippen LogP) is 3.17. The Balaban J connectivity index is 2.55. The van der Waals surface area contributed by atoms with Crippen molar-refractivity contribution in [1.29, 1.82) is 0 Å². The summed E-state index contributed by atoms with van der Waals surface area (Å²) in [4.78, 5) is 20.1. The first kappa shape index (κ1) is 24.6.